The number of rotatable bonds is 3. The van der Waals surface area contributed by atoms with Crippen molar-refractivity contribution < 1.29 is 12.6 Å². The van der Waals surface area contributed by atoms with Gasteiger partial charge in [-0.25, -0.2) is 0 Å². The van der Waals surface area contributed by atoms with Crippen molar-refractivity contribution in [1.82, 2.24) is 0 Å². The molecule has 0 saturated heterocycles. The van der Waals surface area contributed by atoms with Gasteiger partial charge < -0.3 is 4.18 Å². The Labute approximate surface area is 106 Å². The first-order valence-electron chi connectivity index (χ1n) is 4.87. The second kappa shape index (κ2) is 4.81. The molecule has 0 unspecified atom stereocenters. The van der Waals surface area contributed by atoms with Crippen LogP contribution in [-0.2, 0) is 10.1 Å². The highest BCUT2D eigenvalue weighted by Crippen LogP contribution is 2.25. The molecule has 0 aliphatic rings. The molecule has 3 nitrogen and oxygen atoms in total. The maximum Gasteiger partial charge on any atom is 0.339 e. The zero-order valence-corrected chi connectivity index (χ0v) is 10.5. The minimum Gasteiger partial charge on any atom is -0.378 e. The molecule has 0 atom stereocenters. The summed E-state index contributed by atoms with van der Waals surface area (Å²) in [7, 11) is -3.78. The van der Waals surface area contributed by atoms with Crippen molar-refractivity contribution in [3.8, 4) is 5.75 Å². The predicted molar refractivity (Wildman–Crippen MR) is 67.9 cm³/mol. The van der Waals surface area contributed by atoms with Crippen LogP contribution in [0, 0.1) is 0 Å². The van der Waals surface area contributed by atoms with Gasteiger partial charge in [0.25, 0.3) is 0 Å². The van der Waals surface area contributed by atoms with Gasteiger partial charge in [-0.05, 0) is 24.3 Å². The van der Waals surface area contributed by atoms with Crippen LogP contribution >= 0.6 is 12.6 Å². The lowest BCUT2D eigenvalue weighted by molar-refractivity contribution is 0.480. The molecule has 88 valence electrons. The Bertz CT molecular complexity index is 607. The van der Waals surface area contributed by atoms with Gasteiger partial charge in [-0.15, -0.1) is 12.6 Å². The van der Waals surface area contributed by atoms with Crippen LogP contribution in [0.2, 0.25) is 0 Å². The quantitative estimate of drug-likeness (QED) is 0.686. The number of benzene rings is 2. The second-order valence-electron chi connectivity index (χ2n) is 3.32. The van der Waals surface area contributed by atoms with Crippen molar-refractivity contribution in [2.24, 2.45) is 0 Å². The Balaban J connectivity index is 2.34. The summed E-state index contributed by atoms with van der Waals surface area (Å²) in [6.07, 6.45) is 0. The molecule has 0 fully saturated rings. The minimum atomic E-state index is -3.78. The van der Waals surface area contributed by atoms with Crippen LogP contribution in [-0.4, -0.2) is 8.42 Å². The summed E-state index contributed by atoms with van der Waals surface area (Å²) < 4.78 is 28.8. The minimum absolute atomic E-state index is 0.122. The monoisotopic (exact) mass is 266 g/mol. The van der Waals surface area contributed by atoms with E-state index in [-0.39, 0.29) is 10.6 Å². The van der Waals surface area contributed by atoms with Gasteiger partial charge in [-0.2, -0.15) is 8.42 Å². The lowest BCUT2D eigenvalue weighted by Gasteiger charge is -2.08. The third-order valence-electron chi connectivity index (χ3n) is 2.10. The van der Waals surface area contributed by atoms with Gasteiger partial charge in [0, 0.05) is 4.90 Å². The topological polar surface area (TPSA) is 43.4 Å². The van der Waals surface area contributed by atoms with Crippen molar-refractivity contribution in [2.75, 3.05) is 0 Å². The average molecular weight is 266 g/mol. The lowest BCUT2D eigenvalue weighted by atomic mass is 10.3. The Hall–Kier alpha value is -1.46. The maximum atomic E-state index is 11.9. The molecular formula is C12H10O3S2. The van der Waals surface area contributed by atoms with E-state index in [1.54, 1.807) is 42.5 Å². The van der Waals surface area contributed by atoms with Crippen LogP contribution in [0.15, 0.2) is 64.4 Å². The molecule has 0 heterocycles. The second-order valence-corrected chi connectivity index (χ2v) is 5.35. The van der Waals surface area contributed by atoms with Crippen molar-refractivity contribution in [3.63, 3.8) is 0 Å². The number of hydrogen-bond acceptors (Lipinski definition) is 4. The van der Waals surface area contributed by atoms with Crippen molar-refractivity contribution in [1.29, 1.82) is 0 Å². The molecule has 0 bridgehead atoms. The van der Waals surface area contributed by atoms with Crippen LogP contribution in [0.1, 0.15) is 0 Å². The molecular weight excluding hydrogens is 256 g/mol. The fourth-order valence-corrected chi connectivity index (χ4v) is 2.52. The predicted octanol–water partition coefficient (Wildman–Crippen LogP) is 2.74. The summed E-state index contributed by atoms with van der Waals surface area (Å²) in [6, 6.07) is 14.7. The van der Waals surface area contributed by atoms with Crippen LogP contribution < -0.4 is 4.18 Å². The summed E-state index contributed by atoms with van der Waals surface area (Å²) in [5.74, 6) is 0.222. The van der Waals surface area contributed by atoms with Gasteiger partial charge in [0.1, 0.15) is 4.90 Å². The first kappa shape index (κ1) is 12.0. The highest BCUT2D eigenvalue weighted by atomic mass is 32.2. The molecule has 0 amide bonds. The molecule has 5 heteroatoms. The van der Waals surface area contributed by atoms with Gasteiger partial charge >= 0.3 is 10.1 Å². The average Bonchev–Trinajstić information content (AvgIpc) is 2.33. The molecule has 2 rings (SSSR count). The number of thiol groups is 1. The van der Waals surface area contributed by atoms with Gasteiger partial charge in [0.2, 0.25) is 0 Å². The Morgan fingerprint density at radius 1 is 0.882 bits per heavy atom. The van der Waals surface area contributed by atoms with Gasteiger partial charge in [0.05, 0.1) is 0 Å². The summed E-state index contributed by atoms with van der Waals surface area (Å²) in [4.78, 5) is 0.601. The van der Waals surface area contributed by atoms with Gasteiger partial charge in [-0.1, -0.05) is 30.3 Å². The standard InChI is InChI=1S/C12H10O3S2/c13-17(14,10-6-2-1-3-7-10)15-11-8-4-5-9-12(11)16/h1-9,16H. The van der Waals surface area contributed by atoms with E-state index in [9.17, 15) is 8.42 Å². The molecule has 0 radical (unpaired) electrons. The zero-order valence-electron chi connectivity index (χ0n) is 8.78. The highest BCUT2D eigenvalue weighted by molar-refractivity contribution is 7.87. The first-order valence-corrected chi connectivity index (χ1v) is 6.73. The Kier molecular flexibility index (Phi) is 3.40. The van der Waals surface area contributed by atoms with Crippen molar-refractivity contribution >= 4 is 22.7 Å². The molecule has 0 N–H and O–H groups in total. The zero-order chi connectivity index (χ0) is 12.3. The van der Waals surface area contributed by atoms with Gasteiger partial charge in [-0.3, -0.25) is 0 Å². The molecule has 0 aromatic heterocycles. The van der Waals surface area contributed by atoms with Crippen molar-refractivity contribution in [2.45, 2.75) is 9.79 Å². The van der Waals surface area contributed by atoms with Gasteiger partial charge in [0.15, 0.2) is 5.75 Å². The van der Waals surface area contributed by atoms with E-state index < -0.39 is 10.1 Å². The van der Waals surface area contributed by atoms with Crippen LogP contribution in [0.25, 0.3) is 0 Å². The molecule has 0 aliphatic carbocycles. The number of hydrogen-bond donors (Lipinski definition) is 1. The van der Waals surface area contributed by atoms with Crippen LogP contribution in [0.3, 0.4) is 0 Å². The van der Waals surface area contributed by atoms with Crippen LogP contribution in [0.4, 0.5) is 0 Å². The molecule has 0 spiro atoms. The SMILES string of the molecule is O=S(=O)(Oc1ccccc1S)c1ccccc1. The Morgan fingerprint density at radius 3 is 2.12 bits per heavy atom. The van der Waals surface area contributed by atoms with Crippen molar-refractivity contribution in [3.05, 3.63) is 54.6 Å². The third kappa shape index (κ3) is 2.81. The fourth-order valence-electron chi connectivity index (χ4n) is 1.28. The molecule has 2 aromatic rings. The molecule has 0 saturated carbocycles. The molecule has 17 heavy (non-hydrogen) atoms. The maximum absolute atomic E-state index is 11.9. The third-order valence-corrected chi connectivity index (χ3v) is 3.71. The van der Waals surface area contributed by atoms with E-state index in [4.69, 9.17) is 4.18 Å². The normalized spacial score (nSPS) is 11.1. The van der Waals surface area contributed by atoms with Crippen LogP contribution in [0.5, 0.6) is 5.75 Å². The Morgan fingerprint density at radius 2 is 1.47 bits per heavy atom. The smallest absolute Gasteiger partial charge is 0.339 e. The first-order chi connectivity index (χ1) is 8.09. The summed E-state index contributed by atoms with van der Waals surface area (Å²) >= 11 is 4.13. The van der Waals surface area contributed by atoms with E-state index in [0.29, 0.717) is 4.90 Å². The summed E-state index contributed by atoms with van der Waals surface area (Å²) in [5, 5.41) is 0. The highest BCUT2D eigenvalue weighted by Gasteiger charge is 2.16. The lowest BCUT2D eigenvalue weighted by Crippen LogP contribution is -2.09. The van der Waals surface area contributed by atoms with E-state index in [0.717, 1.165) is 0 Å². The van der Waals surface area contributed by atoms with E-state index in [1.165, 1.54) is 12.1 Å². The number of para-hydroxylation sites is 1. The largest absolute Gasteiger partial charge is 0.378 e. The van der Waals surface area contributed by atoms with E-state index >= 15 is 0 Å². The fraction of sp³-hybridized carbons (Fsp3) is 0. The summed E-state index contributed by atoms with van der Waals surface area (Å²) in [6.45, 7) is 0. The van der Waals surface area contributed by atoms with E-state index in [1.807, 2.05) is 0 Å². The van der Waals surface area contributed by atoms with E-state index in [2.05, 4.69) is 12.6 Å². The summed E-state index contributed by atoms with van der Waals surface area (Å²) in [5.41, 5.74) is 0. The molecule has 2 aromatic carbocycles. The molecule has 0 aliphatic heterocycles.